The van der Waals surface area contributed by atoms with Crippen molar-refractivity contribution in [3.8, 4) is 0 Å². The van der Waals surface area contributed by atoms with E-state index in [1.807, 2.05) is 45.0 Å². The van der Waals surface area contributed by atoms with E-state index in [-0.39, 0.29) is 12.6 Å². The second-order valence-electron chi connectivity index (χ2n) is 6.59. The van der Waals surface area contributed by atoms with Crippen LogP contribution in [0, 0.1) is 0 Å². The first kappa shape index (κ1) is 14.1. The predicted octanol–water partition coefficient (Wildman–Crippen LogP) is 2.60. The smallest absolute Gasteiger partial charge is 0.410 e. The number of hydrogen-bond acceptors (Lipinski definition) is 4. The van der Waals surface area contributed by atoms with Crippen LogP contribution in [0.4, 0.5) is 10.5 Å². The van der Waals surface area contributed by atoms with Crippen molar-refractivity contribution < 1.29 is 14.6 Å². The van der Waals surface area contributed by atoms with Crippen LogP contribution in [0.1, 0.15) is 32.8 Å². The van der Waals surface area contributed by atoms with Crippen molar-refractivity contribution >= 4 is 17.5 Å². The van der Waals surface area contributed by atoms with Crippen molar-refractivity contribution in [3.63, 3.8) is 0 Å². The highest BCUT2D eigenvalue weighted by Crippen LogP contribution is 2.42. The van der Waals surface area contributed by atoms with Crippen LogP contribution in [0.3, 0.4) is 0 Å². The predicted molar refractivity (Wildman–Crippen MR) is 79.9 cm³/mol. The molecule has 1 atom stereocenters. The number of fused-ring (bicyclic) bond motifs is 3. The maximum Gasteiger partial charge on any atom is 0.410 e. The number of aliphatic hydroxyl groups is 1. The molecule has 1 amide bonds. The van der Waals surface area contributed by atoms with E-state index in [4.69, 9.17) is 4.74 Å². The molecule has 0 aromatic heterocycles. The second kappa shape index (κ2) is 4.56. The number of carbonyl (C=O) groups is 1. The van der Waals surface area contributed by atoms with Crippen LogP contribution in [0.5, 0.6) is 0 Å². The molecule has 1 aromatic rings. The number of aliphatic imine (C=N–C) groups is 1. The highest BCUT2D eigenvalue weighted by atomic mass is 16.6. The van der Waals surface area contributed by atoms with E-state index in [1.165, 1.54) is 0 Å². The number of β-amino-alcohol motifs (C(OH)–C–C–N with tert-alkyl or cyclic N) is 1. The van der Waals surface area contributed by atoms with Gasteiger partial charge in [-0.1, -0.05) is 18.2 Å². The SMILES string of the molecule is CC(C)(C)OC(=O)N1CCC2=Nc3ccccc3C2(O)C1. The number of piperidine rings is 1. The van der Waals surface area contributed by atoms with Crippen molar-refractivity contribution in [1.82, 2.24) is 4.90 Å². The van der Waals surface area contributed by atoms with Crippen LogP contribution in [0.25, 0.3) is 0 Å². The minimum Gasteiger partial charge on any atom is -0.444 e. The van der Waals surface area contributed by atoms with Crippen LogP contribution < -0.4 is 0 Å². The van der Waals surface area contributed by atoms with Gasteiger partial charge >= 0.3 is 6.09 Å². The Bertz CT molecular complexity index is 618. The number of hydrogen-bond donors (Lipinski definition) is 1. The van der Waals surface area contributed by atoms with Crippen LogP contribution >= 0.6 is 0 Å². The summed E-state index contributed by atoms with van der Waals surface area (Å²) < 4.78 is 5.39. The molecule has 3 rings (SSSR count). The molecule has 1 aromatic carbocycles. The Morgan fingerprint density at radius 2 is 2.10 bits per heavy atom. The standard InChI is InChI=1S/C16H20N2O3/c1-15(2,3)21-14(19)18-9-8-13-16(20,10-18)11-6-4-5-7-12(11)17-13/h4-7,20H,8-10H2,1-3H3. The lowest BCUT2D eigenvalue weighted by atomic mass is 9.86. The molecule has 0 radical (unpaired) electrons. The molecule has 1 unspecified atom stereocenters. The Balaban J connectivity index is 1.85. The number of benzene rings is 1. The van der Waals surface area contributed by atoms with Gasteiger partial charge in [-0.2, -0.15) is 0 Å². The summed E-state index contributed by atoms with van der Waals surface area (Å²) in [5, 5.41) is 11.0. The number of rotatable bonds is 0. The van der Waals surface area contributed by atoms with Gasteiger partial charge in [0.2, 0.25) is 0 Å². The summed E-state index contributed by atoms with van der Waals surface area (Å²) >= 11 is 0. The van der Waals surface area contributed by atoms with E-state index >= 15 is 0 Å². The zero-order valence-electron chi connectivity index (χ0n) is 12.6. The van der Waals surface area contributed by atoms with Gasteiger partial charge in [-0.05, 0) is 26.8 Å². The second-order valence-corrected chi connectivity index (χ2v) is 6.59. The summed E-state index contributed by atoms with van der Waals surface area (Å²) in [6.07, 6.45) is 0.170. The Morgan fingerprint density at radius 3 is 2.81 bits per heavy atom. The van der Waals surface area contributed by atoms with Gasteiger partial charge in [-0.25, -0.2) is 4.79 Å². The van der Waals surface area contributed by atoms with E-state index in [9.17, 15) is 9.90 Å². The van der Waals surface area contributed by atoms with Crippen molar-refractivity contribution in [1.29, 1.82) is 0 Å². The first-order valence-corrected chi connectivity index (χ1v) is 7.17. The van der Waals surface area contributed by atoms with Gasteiger partial charge in [0.25, 0.3) is 0 Å². The van der Waals surface area contributed by atoms with Gasteiger partial charge in [-0.3, -0.25) is 4.99 Å². The molecule has 1 saturated heterocycles. The Kier molecular flexibility index (Phi) is 3.06. The maximum atomic E-state index is 12.2. The lowest BCUT2D eigenvalue weighted by Gasteiger charge is -2.38. The van der Waals surface area contributed by atoms with Crippen LogP contribution in [0.15, 0.2) is 29.3 Å². The van der Waals surface area contributed by atoms with E-state index in [2.05, 4.69) is 4.99 Å². The molecule has 0 saturated carbocycles. The topological polar surface area (TPSA) is 62.1 Å². The Labute approximate surface area is 124 Å². The Hall–Kier alpha value is -1.88. The first-order valence-electron chi connectivity index (χ1n) is 7.17. The first-order chi connectivity index (χ1) is 9.79. The molecular weight excluding hydrogens is 268 g/mol. The van der Waals surface area contributed by atoms with Gasteiger partial charge in [0.05, 0.1) is 17.9 Å². The van der Waals surface area contributed by atoms with Crippen LogP contribution in [-0.4, -0.2) is 40.5 Å². The fraction of sp³-hybridized carbons (Fsp3) is 0.500. The van der Waals surface area contributed by atoms with Crippen molar-refractivity contribution in [2.45, 2.75) is 38.4 Å². The number of likely N-dealkylation sites (tertiary alicyclic amines) is 1. The third-order valence-corrected chi connectivity index (χ3v) is 3.77. The average molecular weight is 288 g/mol. The van der Waals surface area contributed by atoms with Gasteiger partial charge in [-0.15, -0.1) is 0 Å². The molecule has 2 heterocycles. The molecule has 21 heavy (non-hydrogen) atoms. The quantitative estimate of drug-likeness (QED) is 0.798. The zero-order chi connectivity index (χ0) is 15.3. The van der Waals surface area contributed by atoms with Crippen LogP contribution in [0.2, 0.25) is 0 Å². The Morgan fingerprint density at radius 1 is 1.38 bits per heavy atom. The number of amides is 1. The molecule has 5 heteroatoms. The fourth-order valence-corrected chi connectivity index (χ4v) is 2.83. The molecule has 1 fully saturated rings. The number of nitrogens with zero attached hydrogens (tertiary/aromatic N) is 2. The summed E-state index contributed by atoms with van der Waals surface area (Å²) in [6, 6.07) is 7.53. The van der Waals surface area contributed by atoms with Gasteiger partial charge < -0.3 is 14.7 Å². The van der Waals surface area contributed by atoms with Gasteiger partial charge in [0.1, 0.15) is 11.2 Å². The fourth-order valence-electron chi connectivity index (χ4n) is 2.83. The largest absolute Gasteiger partial charge is 0.444 e. The molecule has 0 aliphatic carbocycles. The number of carbonyl (C=O) groups excluding carboxylic acids is 1. The zero-order valence-corrected chi connectivity index (χ0v) is 12.6. The molecule has 1 N–H and O–H groups in total. The number of para-hydroxylation sites is 1. The molecule has 0 bridgehead atoms. The van der Waals surface area contributed by atoms with Crippen molar-refractivity contribution in [2.24, 2.45) is 4.99 Å². The van der Waals surface area contributed by atoms with Crippen molar-refractivity contribution in [3.05, 3.63) is 29.8 Å². The summed E-state index contributed by atoms with van der Waals surface area (Å²) in [4.78, 5) is 18.3. The minimum absolute atomic E-state index is 0.192. The van der Waals surface area contributed by atoms with Gasteiger partial charge in [0.15, 0.2) is 0 Å². The molecule has 2 aliphatic heterocycles. The number of ether oxygens (including phenoxy) is 1. The molecule has 2 aliphatic rings. The van der Waals surface area contributed by atoms with E-state index < -0.39 is 11.2 Å². The van der Waals surface area contributed by atoms with E-state index in [0.717, 1.165) is 17.0 Å². The van der Waals surface area contributed by atoms with E-state index in [1.54, 1.807) is 4.90 Å². The molecule has 5 nitrogen and oxygen atoms in total. The lowest BCUT2D eigenvalue weighted by Crippen LogP contribution is -2.53. The van der Waals surface area contributed by atoms with Gasteiger partial charge in [0, 0.05) is 18.5 Å². The van der Waals surface area contributed by atoms with Crippen molar-refractivity contribution in [2.75, 3.05) is 13.1 Å². The normalized spacial score (nSPS) is 24.2. The monoisotopic (exact) mass is 288 g/mol. The summed E-state index contributed by atoms with van der Waals surface area (Å²) in [7, 11) is 0. The summed E-state index contributed by atoms with van der Waals surface area (Å²) in [5.41, 5.74) is 0.589. The average Bonchev–Trinajstić information content (AvgIpc) is 2.69. The third-order valence-electron chi connectivity index (χ3n) is 3.77. The van der Waals surface area contributed by atoms with E-state index in [0.29, 0.717) is 13.0 Å². The summed E-state index contributed by atoms with van der Waals surface area (Å²) in [6.45, 7) is 6.21. The molecule has 112 valence electrons. The molecule has 0 spiro atoms. The maximum absolute atomic E-state index is 12.2. The lowest BCUT2D eigenvalue weighted by molar-refractivity contribution is -0.000843. The highest BCUT2D eigenvalue weighted by Gasteiger charge is 2.47. The van der Waals surface area contributed by atoms with Crippen LogP contribution in [-0.2, 0) is 10.3 Å². The minimum atomic E-state index is -1.17. The summed E-state index contributed by atoms with van der Waals surface area (Å²) in [5.74, 6) is 0. The highest BCUT2D eigenvalue weighted by molar-refractivity contribution is 6.01. The third kappa shape index (κ3) is 2.42. The molecular formula is C16H20N2O3.